The molecule has 150 valence electrons. The zero-order chi connectivity index (χ0) is 20.5. The Bertz CT molecular complexity index is 973. The van der Waals surface area contributed by atoms with E-state index in [0.29, 0.717) is 6.61 Å². The summed E-state index contributed by atoms with van der Waals surface area (Å²) in [5, 5.41) is 11.0. The number of fused-ring (bicyclic) bond motifs is 1. The van der Waals surface area contributed by atoms with Crippen molar-refractivity contribution < 1.29 is 24.1 Å². The third-order valence-corrected chi connectivity index (χ3v) is 5.60. The summed E-state index contributed by atoms with van der Waals surface area (Å²) < 4.78 is 5.50. The van der Waals surface area contributed by atoms with E-state index >= 15 is 0 Å². The first-order valence-corrected chi connectivity index (χ1v) is 9.71. The van der Waals surface area contributed by atoms with Crippen molar-refractivity contribution in [2.45, 2.75) is 25.8 Å². The summed E-state index contributed by atoms with van der Waals surface area (Å²) in [6.07, 6.45) is 1.97. The Morgan fingerprint density at radius 2 is 1.86 bits per heavy atom. The highest BCUT2D eigenvalue weighted by Crippen LogP contribution is 2.27. The van der Waals surface area contributed by atoms with Crippen molar-refractivity contribution in [3.8, 4) is 5.75 Å². The first-order valence-electron chi connectivity index (χ1n) is 9.71. The first kappa shape index (κ1) is 19.1. The fourth-order valence-corrected chi connectivity index (χ4v) is 4.21. The Kier molecular flexibility index (Phi) is 5.02. The summed E-state index contributed by atoms with van der Waals surface area (Å²) in [6, 6.07) is 12.0. The number of imide groups is 1. The largest absolute Gasteiger partial charge is 0.494 e. The number of nitro benzene ring substituents is 1. The van der Waals surface area contributed by atoms with Gasteiger partial charge in [0, 0.05) is 30.5 Å². The second-order valence-corrected chi connectivity index (χ2v) is 7.29. The van der Waals surface area contributed by atoms with Crippen molar-refractivity contribution in [2.24, 2.45) is 0 Å². The van der Waals surface area contributed by atoms with Gasteiger partial charge in [-0.3, -0.25) is 19.7 Å². The molecule has 2 aromatic carbocycles. The number of amides is 2. The SMILES string of the molecule is CCOc1ccc([C@@H]2CCC[NH+]2CN2C(=O)c3ccc([N+](=O)[O-])cc3C2=O)cc1. The molecular formula is C21H22N3O5+. The van der Waals surface area contributed by atoms with Gasteiger partial charge < -0.3 is 9.64 Å². The number of hydrogen-bond acceptors (Lipinski definition) is 5. The lowest BCUT2D eigenvalue weighted by atomic mass is 10.0. The monoisotopic (exact) mass is 396 g/mol. The fraction of sp³-hybridized carbons (Fsp3) is 0.333. The van der Waals surface area contributed by atoms with E-state index in [-0.39, 0.29) is 35.4 Å². The Hall–Kier alpha value is -3.26. The summed E-state index contributed by atoms with van der Waals surface area (Å²) >= 11 is 0. The molecule has 2 amide bonds. The van der Waals surface area contributed by atoms with Crippen molar-refractivity contribution >= 4 is 17.5 Å². The zero-order valence-electron chi connectivity index (χ0n) is 16.1. The van der Waals surface area contributed by atoms with Crippen LogP contribution >= 0.6 is 0 Å². The number of non-ortho nitro benzene ring substituents is 1. The van der Waals surface area contributed by atoms with E-state index in [0.717, 1.165) is 35.6 Å². The van der Waals surface area contributed by atoms with E-state index in [1.165, 1.54) is 23.1 Å². The van der Waals surface area contributed by atoms with Gasteiger partial charge in [0.05, 0.1) is 29.2 Å². The highest BCUT2D eigenvalue weighted by Gasteiger charge is 2.41. The molecule has 2 atom stereocenters. The van der Waals surface area contributed by atoms with Crippen molar-refractivity contribution in [1.82, 2.24) is 4.90 Å². The van der Waals surface area contributed by atoms with Gasteiger partial charge >= 0.3 is 0 Å². The van der Waals surface area contributed by atoms with Gasteiger partial charge in [0.2, 0.25) is 0 Å². The molecule has 1 N–H and O–H groups in total. The second kappa shape index (κ2) is 7.63. The first-order chi connectivity index (χ1) is 14.0. The molecule has 1 saturated heterocycles. The minimum Gasteiger partial charge on any atom is -0.494 e. The maximum absolute atomic E-state index is 12.8. The van der Waals surface area contributed by atoms with Crippen LogP contribution < -0.4 is 9.64 Å². The standard InChI is InChI=1S/C21H21N3O5/c1-2-29-16-8-5-14(6-9-16)19-4-3-11-22(19)13-23-20(25)17-10-7-15(24(27)28)12-18(17)21(23)26/h5-10,12,19H,2-4,11,13H2,1H3/p+1/t19-/m0/s1. The summed E-state index contributed by atoms with van der Waals surface area (Å²) in [4.78, 5) is 38.3. The maximum Gasteiger partial charge on any atom is 0.270 e. The lowest BCUT2D eigenvalue weighted by Crippen LogP contribution is -3.12. The van der Waals surface area contributed by atoms with Gasteiger partial charge in [0.1, 0.15) is 11.8 Å². The second-order valence-electron chi connectivity index (χ2n) is 7.29. The molecule has 1 unspecified atom stereocenters. The van der Waals surface area contributed by atoms with Crippen molar-refractivity contribution in [2.75, 3.05) is 19.8 Å². The van der Waals surface area contributed by atoms with Crippen molar-refractivity contribution in [3.63, 3.8) is 0 Å². The fourth-order valence-electron chi connectivity index (χ4n) is 4.21. The molecule has 4 rings (SSSR count). The van der Waals surface area contributed by atoms with E-state index in [4.69, 9.17) is 4.74 Å². The molecule has 2 heterocycles. The van der Waals surface area contributed by atoms with Crippen LogP contribution in [0.5, 0.6) is 5.75 Å². The number of rotatable bonds is 6. The zero-order valence-corrected chi connectivity index (χ0v) is 16.1. The number of benzene rings is 2. The number of carbonyl (C=O) groups excluding carboxylic acids is 2. The molecule has 1 fully saturated rings. The Morgan fingerprint density at radius 3 is 2.55 bits per heavy atom. The Labute approximate surface area is 167 Å². The van der Waals surface area contributed by atoms with Crippen LogP contribution in [0.15, 0.2) is 42.5 Å². The van der Waals surface area contributed by atoms with Crippen LogP contribution in [-0.2, 0) is 0 Å². The van der Waals surface area contributed by atoms with Gasteiger partial charge in [-0.2, -0.15) is 0 Å². The summed E-state index contributed by atoms with van der Waals surface area (Å²) in [5.41, 5.74) is 1.30. The van der Waals surface area contributed by atoms with Gasteiger partial charge in [-0.1, -0.05) is 0 Å². The quantitative estimate of drug-likeness (QED) is 0.458. The molecule has 0 aliphatic carbocycles. The number of nitrogens with one attached hydrogen (secondary N) is 1. The Morgan fingerprint density at radius 1 is 1.14 bits per heavy atom. The number of ether oxygens (including phenoxy) is 1. The average Bonchev–Trinajstić information content (AvgIpc) is 3.27. The third kappa shape index (κ3) is 3.47. The number of nitrogens with zero attached hydrogens (tertiary/aromatic N) is 2. The molecule has 0 radical (unpaired) electrons. The minimum absolute atomic E-state index is 0.111. The van der Waals surface area contributed by atoms with E-state index in [1.807, 2.05) is 31.2 Å². The van der Waals surface area contributed by atoms with Crippen LogP contribution in [-0.4, -0.2) is 41.5 Å². The van der Waals surface area contributed by atoms with Crippen LogP contribution in [0.1, 0.15) is 52.1 Å². The summed E-state index contributed by atoms with van der Waals surface area (Å²) in [6.45, 7) is 3.65. The number of hydrogen-bond donors (Lipinski definition) is 1. The highest BCUT2D eigenvalue weighted by molar-refractivity contribution is 6.21. The lowest BCUT2D eigenvalue weighted by Gasteiger charge is -2.25. The van der Waals surface area contributed by atoms with Crippen LogP contribution in [0.25, 0.3) is 0 Å². The van der Waals surface area contributed by atoms with Crippen LogP contribution in [0, 0.1) is 10.1 Å². The number of carbonyl (C=O) groups is 2. The molecule has 2 aromatic rings. The van der Waals surface area contributed by atoms with Gasteiger partial charge in [0.25, 0.3) is 17.5 Å². The lowest BCUT2D eigenvalue weighted by molar-refractivity contribution is -0.925. The Balaban J connectivity index is 1.53. The van der Waals surface area contributed by atoms with Crippen LogP contribution in [0.3, 0.4) is 0 Å². The van der Waals surface area contributed by atoms with Gasteiger partial charge in [-0.15, -0.1) is 0 Å². The molecule has 8 heteroatoms. The predicted molar refractivity (Wildman–Crippen MR) is 104 cm³/mol. The van der Waals surface area contributed by atoms with Crippen molar-refractivity contribution in [3.05, 3.63) is 69.3 Å². The molecule has 2 aliphatic rings. The third-order valence-electron chi connectivity index (χ3n) is 5.60. The molecule has 0 bridgehead atoms. The van der Waals surface area contributed by atoms with E-state index in [9.17, 15) is 19.7 Å². The molecule has 0 aromatic heterocycles. The van der Waals surface area contributed by atoms with E-state index in [2.05, 4.69) is 0 Å². The van der Waals surface area contributed by atoms with Gasteiger partial charge in [0.15, 0.2) is 6.67 Å². The topological polar surface area (TPSA) is 94.2 Å². The van der Waals surface area contributed by atoms with Gasteiger partial charge in [-0.25, -0.2) is 4.90 Å². The normalized spacial score (nSPS) is 20.8. The van der Waals surface area contributed by atoms with Gasteiger partial charge in [-0.05, 0) is 37.3 Å². The molecule has 0 spiro atoms. The summed E-state index contributed by atoms with van der Waals surface area (Å²) in [5.74, 6) is -0.0268. The smallest absolute Gasteiger partial charge is 0.270 e. The van der Waals surface area contributed by atoms with Crippen LogP contribution in [0.2, 0.25) is 0 Å². The number of quaternary nitrogens is 1. The predicted octanol–water partition coefficient (Wildman–Crippen LogP) is 1.97. The molecule has 8 nitrogen and oxygen atoms in total. The van der Waals surface area contributed by atoms with E-state index in [1.54, 1.807) is 0 Å². The summed E-state index contributed by atoms with van der Waals surface area (Å²) in [7, 11) is 0. The number of nitro groups is 1. The molecular weight excluding hydrogens is 374 g/mol. The molecule has 29 heavy (non-hydrogen) atoms. The average molecular weight is 396 g/mol. The maximum atomic E-state index is 12.8. The minimum atomic E-state index is -0.561. The van der Waals surface area contributed by atoms with E-state index < -0.39 is 10.8 Å². The molecule has 0 saturated carbocycles. The number of likely N-dealkylation sites (tertiary alicyclic amines) is 1. The van der Waals surface area contributed by atoms with Crippen molar-refractivity contribution in [1.29, 1.82) is 0 Å². The molecule has 2 aliphatic heterocycles. The highest BCUT2D eigenvalue weighted by atomic mass is 16.6. The van der Waals surface area contributed by atoms with Crippen LogP contribution in [0.4, 0.5) is 5.69 Å².